The molecular formula is C17H23N3O. The smallest absolute Gasteiger partial charge is 0.251 e. The third-order valence-corrected chi connectivity index (χ3v) is 4.42. The van der Waals surface area contributed by atoms with Crippen molar-refractivity contribution in [3.05, 3.63) is 42.1 Å². The molecule has 0 unspecified atom stereocenters. The van der Waals surface area contributed by atoms with Crippen molar-refractivity contribution < 1.29 is 4.79 Å². The van der Waals surface area contributed by atoms with Crippen LogP contribution in [-0.4, -0.2) is 24.0 Å². The third-order valence-electron chi connectivity index (χ3n) is 4.42. The van der Waals surface area contributed by atoms with Crippen LogP contribution in [0.2, 0.25) is 0 Å². The van der Waals surface area contributed by atoms with Crippen molar-refractivity contribution in [3.63, 3.8) is 0 Å². The topological polar surface area (TPSA) is 68.0 Å². The van der Waals surface area contributed by atoms with E-state index in [4.69, 9.17) is 5.73 Å². The van der Waals surface area contributed by atoms with E-state index in [0.717, 1.165) is 23.7 Å². The van der Waals surface area contributed by atoms with Crippen molar-refractivity contribution in [2.75, 3.05) is 13.1 Å². The first kappa shape index (κ1) is 15.4. The van der Waals surface area contributed by atoms with Gasteiger partial charge in [-0.1, -0.05) is 19.9 Å². The number of carbonyl (C=O) groups is 1. The molecule has 2 rings (SSSR count). The lowest BCUT2D eigenvalue weighted by Crippen LogP contribution is -2.41. The van der Waals surface area contributed by atoms with Crippen LogP contribution in [0.15, 0.2) is 36.5 Å². The van der Waals surface area contributed by atoms with Crippen LogP contribution in [0.25, 0.3) is 10.9 Å². The van der Waals surface area contributed by atoms with Gasteiger partial charge in [0, 0.05) is 23.7 Å². The Morgan fingerprint density at radius 3 is 2.71 bits per heavy atom. The van der Waals surface area contributed by atoms with Crippen molar-refractivity contribution in [1.82, 2.24) is 10.3 Å². The highest BCUT2D eigenvalue weighted by atomic mass is 16.1. The summed E-state index contributed by atoms with van der Waals surface area (Å²) < 4.78 is 0. The number of pyridine rings is 1. The summed E-state index contributed by atoms with van der Waals surface area (Å²) in [4.78, 5) is 16.6. The molecule has 1 aromatic heterocycles. The van der Waals surface area contributed by atoms with E-state index in [1.807, 2.05) is 30.3 Å². The van der Waals surface area contributed by atoms with Crippen LogP contribution in [0.4, 0.5) is 0 Å². The van der Waals surface area contributed by atoms with Crippen molar-refractivity contribution in [2.45, 2.75) is 26.7 Å². The number of carbonyl (C=O) groups excluding carboxylic acids is 1. The maximum Gasteiger partial charge on any atom is 0.251 e. The zero-order chi connectivity index (χ0) is 15.3. The van der Waals surface area contributed by atoms with Gasteiger partial charge in [0.05, 0.1) is 5.52 Å². The Labute approximate surface area is 125 Å². The molecule has 0 atom stereocenters. The number of fused-ring (bicyclic) bond motifs is 1. The van der Waals surface area contributed by atoms with Gasteiger partial charge < -0.3 is 11.1 Å². The van der Waals surface area contributed by atoms with Crippen molar-refractivity contribution in [3.8, 4) is 0 Å². The molecule has 0 aliphatic heterocycles. The van der Waals surface area contributed by atoms with Crippen LogP contribution in [0.5, 0.6) is 0 Å². The Hall–Kier alpha value is -1.94. The molecule has 2 aromatic rings. The van der Waals surface area contributed by atoms with E-state index in [9.17, 15) is 4.79 Å². The Balaban J connectivity index is 2.11. The summed E-state index contributed by atoms with van der Waals surface area (Å²) >= 11 is 0. The molecule has 0 saturated heterocycles. The molecule has 4 heteroatoms. The van der Waals surface area contributed by atoms with Crippen LogP contribution in [-0.2, 0) is 0 Å². The van der Waals surface area contributed by atoms with Crippen LogP contribution >= 0.6 is 0 Å². The summed E-state index contributed by atoms with van der Waals surface area (Å²) in [7, 11) is 0. The van der Waals surface area contributed by atoms with E-state index in [0.29, 0.717) is 18.7 Å². The molecule has 21 heavy (non-hydrogen) atoms. The second-order valence-electron chi connectivity index (χ2n) is 5.50. The van der Waals surface area contributed by atoms with E-state index in [1.54, 1.807) is 6.20 Å². The van der Waals surface area contributed by atoms with Crippen LogP contribution in [0, 0.1) is 5.41 Å². The van der Waals surface area contributed by atoms with E-state index in [2.05, 4.69) is 24.1 Å². The lowest BCUT2D eigenvalue weighted by molar-refractivity contribution is 0.0928. The molecule has 1 heterocycles. The largest absolute Gasteiger partial charge is 0.351 e. The number of nitrogens with one attached hydrogen (secondary N) is 1. The summed E-state index contributed by atoms with van der Waals surface area (Å²) in [5.74, 6) is -0.0551. The van der Waals surface area contributed by atoms with E-state index < -0.39 is 0 Å². The zero-order valence-electron chi connectivity index (χ0n) is 12.7. The highest BCUT2D eigenvalue weighted by Gasteiger charge is 2.25. The van der Waals surface area contributed by atoms with Crippen molar-refractivity contribution in [2.24, 2.45) is 11.1 Å². The number of hydrogen-bond donors (Lipinski definition) is 2. The fraction of sp³-hybridized carbons (Fsp3) is 0.412. The zero-order valence-corrected chi connectivity index (χ0v) is 12.7. The molecule has 1 aromatic carbocycles. The van der Waals surface area contributed by atoms with Gasteiger partial charge in [-0.15, -0.1) is 0 Å². The normalized spacial score (nSPS) is 11.6. The number of nitrogens with zero attached hydrogens (tertiary/aromatic N) is 1. The van der Waals surface area contributed by atoms with Gasteiger partial charge in [0.25, 0.3) is 5.91 Å². The highest BCUT2D eigenvalue weighted by molar-refractivity contribution is 5.97. The molecule has 0 saturated carbocycles. The fourth-order valence-electron chi connectivity index (χ4n) is 2.45. The second-order valence-corrected chi connectivity index (χ2v) is 5.50. The Kier molecular flexibility index (Phi) is 4.91. The van der Waals surface area contributed by atoms with Crippen molar-refractivity contribution in [1.29, 1.82) is 0 Å². The van der Waals surface area contributed by atoms with Gasteiger partial charge in [0.1, 0.15) is 0 Å². The van der Waals surface area contributed by atoms with Crippen LogP contribution < -0.4 is 11.1 Å². The van der Waals surface area contributed by atoms with E-state index in [-0.39, 0.29) is 11.3 Å². The quantitative estimate of drug-likeness (QED) is 0.857. The first-order valence-corrected chi connectivity index (χ1v) is 7.47. The summed E-state index contributed by atoms with van der Waals surface area (Å²) in [6.07, 6.45) is 3.67. The molecule has 0 fully saturated rings. The maximum atomic E-state index is 12.3. The lowest BCUT2D eigenvalue weighted by atomic mass is 9.82. The van der Waals surface area contributed by atoms with E-state index in [1.165, 1.54) is 0 Å². The minimum Gasteiger partial charge on any atom is -0.351 e. The van der Waals surface area contributed by atoms with Gasteiger partial charge in [-0.3, -0.25) is 9.78 Å². The Morgan fingerprint density at radius 1 is 1.29 bits per heavy atom. The summed E-state index contributed by atoms with van der Waals surface area (Å²) in [6, 6.07) is 9.39. The molecule has 3 N–H and O–H groups in total. The van der Waals surface area contributed by atoms with Gasteiger partial charge in [-0.2, -0.15) is 0 Å². The minimum absolute atomic E-state index is 0.00589. The lowest BCUT2D eigenvalue weighted by Gasteiger charge is -2.30. The predicted molar refractivity (Wildman–Crippen MR) is 86.1 cm³/mol. The molecular weight excluding hydrogens is 262 g/mol. The highest BCUT2D eigenvalue weighted by Crippen LogP contribution is 2.23. The first-order chi connectivity index (χ1) is 10.1. The van der Waals surface area contributed by atoms with Crippen LogP contribution in [0.3, 0.4) is 0 Å². The SMILES string of the molecule is CCC(CC)(CN)CNC(=O)c1ccc2ncccc2c1. The van der Waals surface area contributed by atoms with Gasteiger partial charge >= 0.3 is 0 Å². The van der Waals surface area contributed by atoms with Crippen molar-refractivity contribution >= 4 is 16.8 Å². The average Bonchev–Trinajstić information content (AvgIpc) is 2.56. The third kappa shape index (κ3) is 3.39. The monoisotopic (exact) mass is 285 g/mol. The molecule has 0 spiro atoms. The predicted octanol–water partition coefficient (Wildman–Crippen LogP) is 2.73. The van der Waals surface area contributed by atoms with Crippen LogP contribution in [0.1, 0.15) is 37.0 Å². The molecule has 1 amide bonds. The number of benzene rings is 1. The number of amides is 1. The van der Waals surface area contributed by atoms with Gasteiger partial charge in [-0.25, -0.2) is 0 Å². The summed E-state index contributed by atoms with van der Waals surface area (Å²) in [6.45, 7) is 5.43. The molecule has 0 bridgehead atoms. The summed E-state index contributed by atoms with van der Waals surface area (Å²) in [5.41, 5.74) is 7.42. The Morgan fingerprint density at radius 2 is 2.05 bits per heavy atom. The standard InChI is InChI=1S/C17H23N3O/c1-3-17(4-2,11-18)12-20-16(21)14-7-8-15-13(10-14)6-5-9-19-15/h5-10H,3-4,11-12,18H2,1-2H3,(H,20,21). The second kappa shape index (κ2) is 6.68. The number of nitrogens with two attached hydrogens (primary N) is 1. The molecule has 4 nitrogen and oxygen atoms in total. The van der Waals surface area contributed by atoms with Gasteiger partial charge in [0.2, 0.25) is 0 Å². The summed E-state index contributed by atoms with van der Waals surface area (Å²) in [5, 5.41) is 3.99. The Bertz CT molecular complexity index is 612. The average molecular weight is 285 g/mol. The number of rotatable bonds is 6. The first-order valence-electron chi connectivity index (χ1n) is 7.47. The minimum atomic E-state index is -0.0551. The number of aromatic nitrogens is 1. The molecule has 112 valence electrons. The van der Waals surface area contributed by atoms with E-state index >= 15 is 0 Å². The molecule has 0 aliphatic carbocycles. The number of hydrogen-bond acceptors (Lipinski definition) is 3. The maximum absolute atomic E-state index is 12.3. The fourth-order valence-corrected chi connectivity index (χ4v) is 2.45. The van der Waals surface area contributed by atoms with Gasteiger partial charge in [0.15, 0.2) is 0 Å². The van der Waals surface area contributed by atoms with Gasteiger partial charge in [-0.05, 0) is 49.1 Å². The molecule has 0 aliphatic rings. The molecule has 0 radical (unpaired) electrons.